The molecule has 5 heteroatoms. The summed E-state index contributed by atoms with van der Waals surface area (Å²) in [4.78, 5) is 16.6. The van der Waals surface area contributed by atoms with E-state index >= 15 is 0 Å². The van der Waals surface area contributed by atoms with E-state index in [2.05, 4.69) is 10.0 Å². The Balaban J connectivity index is 2.10. The largest absolute Gasteiger partial charge is 0.308 e. The average Bonchev–Trinajstić information content (AvgIpc) is 2.67. The van der Waals surface area contributed by atoms with Crippen molar-refractivity contribution in [2.24, 2.45) is 5.11 Å². The highest BCUT2D eigenvalue weighted by atomic mass is 16.2. The number of azide groups is 1. The van der Waals surface area contributed by atoms with Gasteiger partial charge in [0.2, 0.25) is 0 Å². The Kier molecular flexibility index (Phi) is 2.39. The van der Waals surface area contributed by atoms with Gasteiger partial charge in [-0.25, -0.2) is 0 Å². The van der Waals surface area contributed by atoms with Crippen LogP contribution in [0.15, 0.2) is 41.5 Å². The van der Waals surface area contributed by atoms with Crippen molar-refractivity contribution >= 4 is 22.4 Å². The number of hydrogen-bond donors (Lipinski definition) is 0. The van der Waals surface area contributed by atoms with Crippen LogP contribution in [0.2, 0.25) is 0 Å². The number of anilines is 1. The van der Waals surface area contributed by atoms with Crippen LogP contribution in [0.1, 0.15) is 10.4 Å². The van der Waals surface area contributed by atoms with Crippen molar-refractivity contribution in [1.29, 1.82) is 0 Å². The van der Waals surface area contributed by atoms with E-state index in [-0.39, 0.29) is 12.5 Å². The van der Waals surface area contributed by atoms with Crippen LogP contribution in [-0.4, -0.2) is 19.0 Å². The molecule has 0 N–H and O–H groups in total. The third kappa shape index (κ3) is 1.42. The predicted molar refractivity (Wildman–Crippen MR) is 69.6 cm³/mol. The molecule has 2 aromatic rings. The summed E-state index contributed by atoms with van der Waals surface area (Å²) < 4.78 is 0. The zero-order chi connectivity index (χ0) is 12.5. The fraction of sp³-hybridized carbons (Fsp3) is 0.154. The first-order chi connectivity index (χ1) is 8.83. The molecule has 1 aliphatic heterocycles. The highest BCUT2D eigenvalue weighted by molar-refractivity contribution is 6.24. The van der Waals surface area contributed by atoms with Crippen molar-refractivity contribution in [3.8, 4) is 0 Å². The van der Waals surface area contributed by atoms with E-state index in [1.165, 1.54) is 0 Å². The molecule has 88 valence electrons. The predicted octanol–water partition coefficient (Wildman–Crippen LogP) is 3.11. The summed E-state index contributed by atoms with van der Waals surface area (Å²) in [5, 5.41) is 5.53. The first kappa shape index (κ1) is 10.6. The van der Waals surface area contributed by atoms with Crippen LogP contribution in [0.25, 0.3) is 21.2 Å². The molecule has 0 radical (unpaired) electrons. The maximum atomic E-state index is 12.3. The molecule has 1 amide bonds. The van der Waals surface area contributed by atoms with Crippen LogP contribution in [-0.2, 0) is 0 Å². The maximum Gasteiger partial charge on any atom is 0.258 e. The number of carbonyl (C=O) groups is 1. The highest BCUT2D eigenvalue weighted by Crippen LogP contribution is 2.36. The molecule has 0 aliphatic carbocycles. The summed E-state index contributed by atoms with van der Waals surface area (Å²) in [6.07, 6.45) is 0. The van der Waals surface area contributed by atoms with Crippen molar-refractivity contribution in [3.63, 3.8) is 0 Å². The van der Waals surface area contributed by atoms with Gasteiger partial charge in [0, 0.05) is 29.0 Å². The van der Waals surface area contributed by atoms with Gasteiger partial charge in [0.15, 0.2) is 0 Å². The van der Waals surface area contributed by atoms with Gasteiger partial charge in [-0.1, -0.05) is 29.4 Å². The molecule has 3 rings (SSSR count). The molecule has 0 fully saturated rings. The number of nitrogens with zero attached hydrogens (tertiary/aromatic N) is 4. The van der Waals surface area contributed by atoms with Gasteiger partial charge >= 0.3 is 0 Å². The van der Waals surface area contributed by atoms with E-state index in [0.717, 1.165) is 22.0 Å². The molecule has 18 heavy (non-hydrogen) atoms. The Morgan fingerprint density at radius 1 is 1.22 bits per heavy atom. The summed E-state index contributed by atoms with van der Waals surface area (Å²) in [6, 6.07) is 11.6. The van der Waals surface area contributed by atoms with E-state index in [9.17, 15) is 4.79 Å². The second-order valence-corrected chi connectivity index (χ2v) is 4.09. The summed E-state index contributed by atoms with van der Waals surface area (Å²) >= 11 is 0. The van der Waals surface area contributed by atoms with Crippen LogP contribution >= 0.6 is 0 Å². The number of carbonyl (C=O) groups excluding carboxylic acids is 1. The van der Waals surface area contributed by atoms with E-state index < -0.39 is 0 Å². The number of hydrogen-bond acceptors (Lipinski definition) is 2. The van der Waals surface area contributed by atoms with Gasteiger partial charge in [0.05, 0.1) is 5.69 Å². The third-order valence-electron chi connectivity index (χ3n) is 3.14. The van der Waals surface area contributed by atoms with E-state index in [1.807, 2.05) is 36.4 Å². The Hall–Kier alpha value is -2.52. The zero-order valence-electron chi connectivity index (χ0n) is 9.58. The van der Waals surface area contributed by atoms with Gasteiger partial charge in [-0.15, -0.1) is 0 Å². The van der Waals surface area contributed by atoms with E-state index in [0.29, 0.717) is 6.54 Å². The molecular weight excluding hydrogens is 228 g/mol. The van der Waals surface area contributed by atoms with Crippen molar-refractivity contribution < 1.29 is 4.79 Å². The summed E-state index contributed by atoms with van der Waals surface area (Å²) in [5.74, 6) is -0.0186. The van der Waals surface area contributed by atoms with Gasteiger partial charge < -0.3 is 4.90 Å². The molecule has 0 unspecified atom stereocenters. The lowest BCUT2D eigenvalue weighted by Gasteiger charge is -2.15. The number of rotatable bonds is 3. The van der Waals surface area contributed by atoms with Crippen LogP contribution in [0.5, 0.6) is 0 Å². The third-order valence-corrected chi connectivity index (χ3v) is 3.14. The number of amides is 1. The minimum Gasteiger partial charge on any atom is -0.308 e. The maximum absolute atomic E-state index is 12.3. The fourth-order valence-electron chi connectivity index (χ4n) is 2.39. The van der Waals surface area contributed by atoms with Gasteiger partial charge in [-0.05, 0) is 23.1 Å². The van der Waals surface area contributed by atoms with Crippen molar-refractivity contribution in [3.05, 3.63) is 52.4 Å². The Bertz CT molecular complexity index is 683. The molecule has 0 saturated heterocycles. The first-order valence-corrected chi connectivity index (χ1v) is 5.67. The second kappa shape index (κ2) is 4.05. The van der Waals surface area contributed by atoms with Crippen LogP contribution in [0.4, 0.5) is 5.69 Å². The van der Waals surface area contributed by atoms with Crippen LogP contribution in [0, 0.1) is 0 Å². The Labute approximate surface area is 103 Å². The highest BCUT2D eigenvalue weighted by Gasteiger charge is 2.28. The minimum absolute atomic E-state index is 0.0186. The van der Waals surface area contributed by atoms with Crippen molar-refractivity contribution in [2.45, 2.75) is 0 Å². The van der Waals surface area contributed by atoms with Gasteiger partial charge in [0.25, 0.3) is 5.91 Å². The Morgan fingerprint density at radius 3 is 2.78 bits per heavy atom. The van der Waals surface area contributed by atoms with Crippen LogP contribution < -0.4 is 4.90 Å². The molecule has 5 nitrogen and oxygen atoms in total. The second-order valence-electron chi connectivity index (χ2n) is 4.09. The number of benzene rings is 2. The van der Waals surface area contributed by atoms with Crippen molar-refractivity contribution in [2.75, 3.05) is 18.0 Å². The molecule has 0 atom stereocenters. The smallest absolute Gasteiger partial charge is 0.258 e. The average molecular weight is 238 g/mol. The molecule has 0 saturated carbocycles. The summed E-state index contributed by atoms with van der Waals surface area (Å²) in [5.41, 5.74) is 9.92. The SMILES string of the molecule is [N-]=[N+]=NCCN1C(=O)c2cccc3cccc1c23. The Morgan fingerprint density at radius 2 is 2.00 bits per heavy atom. The van der Waals surface area contributed by atoms with Gasteiger partial charge in [0.1, 0.15) is 0 Å². The minimum atomic E-state index is -0.0186. The van der Waals surface area contributed by atoms with Crippen LogP contribution in [0.3, 0.4) is 0 Å². The molecule has 2 aromatic carbocycles. The standard InChI is InChI=1S/C13H10N4O/c14-16-15-7-8-17-11-6-2-4-9-3-1-5-10(12(9)11)13(17)18/h1-6H,7-8H2. The van der Waals surface area contributed by atoms with Gasteiger partial charge in [-0.3, -0.25) is 4.79 Å². The quantitative estimate of drug-likeness (QED) is 0.460. The topological polar surface area (TPSA) is 69.1 Å². The zero-order valence-corrected chi connectivity index (χ0v) is 9.58. The summed E-state index contributed by atoms with van der Waals surface area (Å²) in [6.45, 7) is 0.698. The van der Waals surface area contributed by atoms with E-state index in [4.69, 9.17) is 5.53 Å². The normalized spacial score (nSPS) is 12.9. The molecular formula is C13H10N4O. The first-order valence-electron chi connectivity index (χ1n) is 5.67. The fourth-order valence-corrected chi connectivity index (χ4v) is 2.39. The molecule has 0 bridgehead atoms. The lowest BCUT2D eigenvalue weighted by Crippen LogP contribution is -2.29. The molecule has 0 spiro atoms. The lowest BCUT2D eigenvalue weighted by molar-refractivity contribution is 0.0994. The molecule has 1 heterocycles. The lowest BCUT2D eigenvalue weighted by atomic mass is 10.1. The summed E-state index contributed by atoms with van der Waals surface area (Å²) in [7, 11) is 0. The molecule has 1 aliphatic rings. The van der Waals surface area contributed by atoms with Crippen molar-refractivity contribution in [1.82, 2.24) is 0 Å². The van der Waals surface area contributed by atoms with E-state index in [1.54, 1.807) is 4.90 Å². The monoisotopic (exact) mass is 238 g/mol. The molecule has 0 aromatic heterocycles. The van der Waals surface area contributed by atoms with Gasteiger partial charge in [-0.2, -0.15) is 0 Å².